The minimum absolute atomic E-state index is 0.0718. The maximum atomic E-state index is 12.3. The molecule has 3 rings (SSSR count). The summed E-state index contributed by atoms with van der Waals surface area (Å²) in [6, 6.07) is 8.36. The number of piperidine rings is 1. The van der Waals surface area contributed by atoms with Crippen molar-refractivity contribution in [3.05, 3.63) is 35.4 Å². The van der Waals surface area contributed by atoms with Crippen LogP contribution in [0.2, 0.25) is 0 Å². The highest BCUT2D eigenvalue weighted by atomic mass is 32.2. The van der Waals surface area contributed by atoms with E-state index < -0.39 is 5.97 Å². The first-order valence-corrected chi connectivity index (χ1v) is 9.15. The number of fused-ring (bicyclic) bond motifs is 1. The van der Waals surface area contributed by atoms with Gasteiger partial charge < -0.3 is 15.3 Å². The lowest BCUT2D eigenvalue weighted by atomic mass is 9.97. The molecule has 0 saturated carbocycles. The summed E-state index contributed by atoms with van der Waals surface area (Å²) in [5, 5.41) is 12.3. The topological polar surface area (TPSA) is 69.6 Å². The van der Waals surface area contributed by atoms with E-state index in [1.807, 2.05) is 11.8 Å². The fourth-order valence-corrected chi connectivity index (χ4v) is 4.50. The van der Waals surface area contributed by atoms with E-state index in [4.69, 9.17) is 5.11 Å². The van der Waals surface area contributed by atoms with Crippen LogP contribution in [0.5, 0.6) is 0 Å². The summed E-state index contributed by atoms with van der Waals surface area (Å²) in [5.41, 5.74) is 2.71. The Morgan fingerprint density at radius 3 is 2.74 bits per heavy atom. The number of carboxylic acids is 1. The highest BCUT2D eigenvalue weighted by Crippen LogP contribution is 2.36. The quantitative estimate of drug-likeness (QED) is 0.891. The third kappa shape index (κ3) is 3.80. The molecular formula is C17H22N2O3S. The van der Waals surface area contributed by atoms with Gasteiger partial charge in [-0.2, -0.15) is 11.8 Å². The van der Waals surface area contributed by atoms with E-state index >= 15 is 0 Å². The van der Waals surface area contributed by atoms with Crippen molar-refractivity contribution in [1.29, 1.82) is 0 Å². The van der Waals surface area contributed by atoms with Gasteiger partial charge in [-0.05, 0) is 36.1 Å². The molecule has 5 nitrogen and oxygen atoms in total. The molecule has 2 aliphatic heterocycles. The molecule has 0 aromatic heterocycles. The molecule has 124 valence electrons. The van der Waals surface area contributed by atoms with Crippen LogP contribution >= 0.6 is 11.8 Å². The van der Waals surface area contributed by atoms with Gasteiger partial charge >= 0.3 is 12.0 Å². The highest BCUT2D eigenvalue weighted by molar-refractivity contribution is 7.99. The number of hydrogen-bond donors (Lipinski definition) is 2. The van der Waals surface area contributed by atoms with Crippen LogP contribution < -0.4 is 5.32 Å². The summed E-state index contributed by atoms with van der Waals surface area (Å²) >= 11 is 1.89. The van der Waals surface area contributed by atoms with Gasteiger partial charge in [-0.1, -0.05) is 24.3 Å². The second kappa shape index (κ2) is 7.25. The molecule has 6 heteroatoms. The predicted octanol–water partition coefficient (Wildman–Crippen LogP) is 2.52. The van der Waals surface area contributed by atoms with Crippen molar-refractivity contribution in [1.82, 2.24) is 10.2 Å². The van der Waals surface area contributed by atoms with Gasteiger partial charge in [-0.15, -0.1) is 0 Å². The van der Waals surface area contributed by atoms with Crippen molar-refractivity contribution >= 4 is 23.8 Å². The van der Waals surface area contributed by atoms with Crippen LogP contribution in [0.25, 0.3) is 0 Å². The molecule has 1 aromatic rings. The van der Waals surface area contributed by atoms with Crippen LogP contribution in [0.15, 0.2) is 24.3 Å². The molecule has 2 heterocycles. The first-order chi connectivity index (χ1) is 11.1. The van der Waals surface area contributed by atoms with Gasteiger partial charge in [0.15, 0.2) is 0 Å². The van der Waals surface area contributed by atoms with Gasteiger partial charge in [0.25, 0.3) is 0 Å². The number of carbonyl (C=O) groups is 2. The molecule has 1 aromatic carbocycles. The fourth-order valence-electron chi connectivity index (χ4n) is 3.27. The average Bonchev–Trinajstić information content (AvgIpc) is 2.59. The van der Waals surface area contributed by atoms with Crippen LogP contribution in [0, 0.1) is 5.92 Å². The zero-order valence-electron chi connectivity index (χ0n) is 13.0. The van der Waals surface area contributed by atoms with Gasteiger partial charge in [0, 0.05) is 24.9 Å². The normalized spacial score (nSPS) is 21.6. The Hall–Kier alpha value is -1.69. The number of amides is 2. The number of nitrogens with zero attached hydrogens (tertiary/aromatic N) is 1. The van der Waals surface area contributed by atoms with Crippen molar-refractivity contribution in [2.75, 3.05) is 25.4 Å². The van der Waals surface area contributed by atoms with E-state index in [1.165, 1.54) is 11.1 Å². The van der Waals surface area contributed by atoms with Gasteiger partial charge in [0.05, 0.1) is 5.92 Å². The smallest absolute Gasteiger partial charge is 0.317 e. The molecular weight excluding hydrogens is 312 g/mol. The van der Waals surface area contributed by atoms with Crippen molar-refractivity contribution in [2.45, 2.75) is 24.5 Å². The van der Waals surface area contributed by atoms with Crippen molar-refractivity contribution in [2.24, 2.45) is 5.92 Å². The number of likely N-dealkylation sites (tertiary alicyclic amines) is 1. The monoisotopic (exact) mass is 334 g/mol. The fraction of sp³-hybridized carbons (Fsp3) is 0.529. The molecule has 1 saturated heterocycles. The van der Waals surface area contributed by atoms with Crippen LogP contribution in [0.1, 0.15) is 29.2 Å². The number of carbonyl (C=O) groups excluding carboxylic acids is 1. The molecule has 2 aliphatic rings. The SMILES string of the molecule is O=C(O)C1CCN(C(=O)NCC2SCCc3ccccc32)CC1. The van der Waals surface area contributed by atoms with E-state index in [9.17, 15) is 9.59 Å². The molecule has 1 unspecified atom stereocenters. The number of carboxylic acid groups (broad SMARTS) is 1. The van der Waals surface area contributed by atoms with Crippen LogP contribution in [0.3, 0.4) is 0 Å². The van der Waals surface area contributed by atoms with E-state index in [0.29, 0.717) is 37.7 Å². The minimum Gasteiger partial charge on any atom is -0.481 e. The Labute approximate surface area is 140 Å². The summed E-state index contributed by atoms with van der Waals surface area (Å²) in [7, 11) is 0. The van der Waals surface area contributed by atoms with Crippen molar-refractivity contribution in [3.63, 3.8) is 0 Å². The molecule has 0 radical (unpaired) electrons. The Morgan fingerprint density at radius 1 is 1.26 bits per heavy atom. The van der Waals surface area contributed by atoms with Gasteiger partial charge in [0.2, 0.25) is 0 Å². The van der Waals surface area contributed by atoms with Gasteiger partial charge in [0.1, 0.15) is 0 Å². The first kappa shape index (κ1) is 16.2. The number of urea groups is 1. The van der Waals surface area contributed by atoms with E-state index in [-0.39, 0.29) is 11.9 Å². The number of rotatable bonds is 3. The number of thioether (sulfide) groups is 1. The summed E-state index contributed by atoms with van der Waals surface area (Å²) in [6.07, 6.45) is 2.18. The highest BCUT2D eigenvalue weighted by Gasteiger charge is 2.27. The summed E-state index contributed by atoms with van der Waals surface area (Å²) in [6.45, 7) is 1.67. The second-order valence-electron chi connectivity index (χ2n) is 6.09. The Bertz CT molecular complexity index is 585. The van der Waals surface area contributed by atoms with Crippen molar-refractivity contribution in [3.8, 4) is 0 Å². The third-order valence-corrected chi connectivity index (χ3v) is 5.93. The minimum atomic E-state index is -0.750. The number of aryl methyl sites for hydroxylation is 1. The largest absolute Gasteiger partial charge is 0.481 e. The van der Waals surface area contributed by atoms with Crippen molar-refractivity contribution < 1.29 is 14.7 Å². The third-order valence-electron chi connectivity index (χ3n) is 4.66. The summed E-state index contributed by atoms with van der Waals surface area (Å²) in [5.74, 6) is 0.0294. The number of benzene rings is 1. The molecule has 0 bridgehead atoms. The Morgan fingerprint density at radius 2 is 2.00 bits per heavy atom. The number of hydrogen-bond acceptors (Lipinski definition) is 3. The molecule has 0 aliphatic carbocycles. The maximum Gasteiger partial charge on any atom is 0.317 e. The molecule has 0 spiro atoms. The van der Waals surface area contributed by atoms with Crippen LogP contribution in [0.4, 0.5) is 4.79 Å². The zero-order chi connectivity index (χ0) is 16.2. The lowest BCUT2D eigenvalue weighted by Crippen LogP contribution is -2.46. The molecule has 2 amide bonds. The second-order valence-corrected chi connectivity index (χ2v) is 7.40. The lowest BCUT2D eigenvalue weighted by molar-refractivity contribution is -0.143. The van der Waals surface area contributed by atoms with E-state index in [2.05, 4.69) is 29.6 Å². The van der Waals surface area contributed by atoms with Gasteiger partial charge in [-0.25, -0.2) is 4.79 Å². The predicted molar refractivity (Wildman–Crippen MR) is 90.7 cm³/mol. The molecule has 2 N–H and O–H groups in total. The lowest BCUT2D eigenvalue weighted by Gasteiger charge is -2.31. The average molecular weight is 334 g/mol. The van der Waals surface area contributed by atoms with Gasteiger partial charge in [-0.3, -0.25) is 4.79 Å². The van der Waals surface area contributed by atoms with Crippen LogP contribution in [-0.2, 0) is 11.2 Å². The Kier molecular flexibility index (Phi) is 5.10. The summed E-state index contributed by atoms with van der Waals surface area (Å²) in [4.78, 5) is 25.0. The number of aliphatic carboxylic acids is 1. The van der Waals surface area contributed by atoms with Crippen LogP contribution in [-0.4, -0.2) is 47.4 Å². The first-order valence-electron chi connectivity index (χ1n) is 8.10. The van der Waals surface area contributed by atoms with E-state index in [0.717, 1.165) is 12.2 Å². The number of nitrogens with one attached hydrogen (secondary N) is 1. The summed E-state index contributed by atoms with van der Waals surface area (Å²) < 4.78 is 0. The van der Waals surface area contributed by atoms with E-state index in [1.54, 1.807) is 4.90 Å². The maximum absolute atomic E-state index is 12.3. The zero-order valence-corrected chi connectivity index (χ0v) is 13.8. The standard InChI is InChI=1S/C17H22N2O3S/c20-16(21)13-5-8-19(9-6-13)17(22)18-11-15-14-4-2-1-3-12(14)7-10-23-15/h1-4,13,15H,5-11H2,(H,18,22)(H,20,21). The molecule has 1 atom stereocenters. The Balaban J connectivity index is 1.51. The molecule has 23 heavy (non-hydrogen) atoms. The molecule has 1 fully saturated rings.